The predicted octanol–water partition coefficient (Wildman–Crippen LogP) is 0.925. The van der Waals surface area contributed by atoms with Gasteiger partial charge in [0.15, 0.2) is 0 Å². The summed E-state index contributed by atoms with van der Waals surface area (Å²) in [6.07, 6.45) is 2.16. The van der Waals surface area contributed by atoms with Crippen LogP contribution >= 0.6 is 0 Å². The minimum atomic E-state index is -1.11. The van der Waals surface area contributed by atoms with E-state index < -0.39 is 10.9 Å². The molecule has 1 heterocycles. The molecule has 1 N–H and O–H groups in total. The van der Waals surface area contributed by atoms with Crippen LogP contribution < -0.4 is 0 Å². The lowest BCUT2D eigenvalue weighted by Gasteiger charge is -2.01. The molecule has 0 bridgehead atoms. The van der Waals surface area contributed by atoms with E-state index in [9.17, 15) is 14.9 Å². The maximum Gasteiger partial charge on any atom is 0.308 e. The first kappa shape index (κ1) is 10.1. The molecule has 6 heteroatoms. The Hall–Kier alpha value is -1.98. The third-order valence-corrected chi connectivity index (χ3v) is 1.70. The second-order valence-electron chi connectivity index (χ2n) is 2.79. The average molecular weight is 196 g/mol. The van der Waals surface area contributed by atoms with E-state index in [1.807, 2.05) is 0 Å². The molecule has 0 aliphatic carbocycles. The van der Waals surface area contributed by atoms with Crippen molar-refractivity contribution in [3.8, 4) is 0 Å². The SMILES string of the molecule is Cc1cncc(CC(=O)O)c1[N+](=O)[O-]. The highest BCUT2D eigenvalue weighted by molar-refractivity contribution is 5.72. The van der Waals surface area contributed by atoms with Crippen LogP contribution in [0.15, 0.2) is 12.4 Å². The number of nitro groups is 1. The summed E-state index contributed by atoms with van der Waals surface area (Å²) in [7, 11) is 0. The van der Waals surface area contributed by atoms with Crippen molar-refractivity contribution in [3.63, 3.8) is 0 Å². The van der Waals surface area contributed by atoms with Gasteiger partial charge in [0, 0.05) is 18.0 Å². The standard InChI is InChI=1S/C8H8N2O4/c1-5-3-9-4-6(2-7(11)12)8(5)10(13)14/h3-4H,2H2,1H3,(H,11,12). The summed E-state index contributed by atoms with van der Waals surface area (Å²) >= 11 is 0. The van der Waals surface area contributed by atoms with Crippen molar-refractivity contribution < 1.29 is 14.8 Å². The number of pyridine rings is 1. The van der Waals surface area contributed by atoms with E-state index in [0.29, 0.717) is 5.56 Å². The molecule has 14 heavy (non-hydrogen) atoms. The van der Waals surface area contributed by atoms with E-state index >= 15 is 0 Å². The Balaban J connectivity index is 3.21. The lowest BCUT2D eigenvalue weighted by molar-refractivity contribution is -0.386. The molecule has 1 aromatic rings. The summed E-state index contributed by atoms with van der Waals surface area (Å²) in [4.78, 5) is 24.1. The summed E-state index contributed by atoms with van der Waals surface area (Å²) in [5.74, 6) is -1.11. The Labute approximate surface area is 79.4 Å². The molecule has 0 aromatic carbocycles. The zero-order valence-electron chi connectivity index (χ0n) is 7.43. The number of aryl methyl sites for hydroxylation is 1. The van der Waals surface area contributed by atoms with Crippen molar-refractivity contribution in [2.24, 2.45) is 0 Å². The smallest absolute Gasteiger partial charge is 0.308 e. The molecule has 1 rings (SSSR count). The predicted molar refractivity (Wildman–Crippen MR) is 47.0 cm³/mol. The fourth-order valence-corrected chi connectivity index (χ4v) is 1.17. The molecule has 0 amide bonds. The van der Waals surface area contributed by atoms with Crippen molar-refractivity contribution in [3.05, 3.63) is 33.6 Å². The van der Waals surface area contributed by atoms with Gasteiger partial charge in [0.1, 0.15) is 0 Å². The van der Waals surface area contributed by atoms with Crippen molar-refractivity contribution in [2.75, 3.05) is 0 Å². The van der Waals surface area contributed by atoms with E-state index in [4.69, 9.17) is 5.11 Å². The zero-order chi connectivity index (χ0) is 10.7. The number of rotatable bonds is 3. The van der Waals surface area contributed by atoms with Gasteiger partial charge in [-0.15, -0.1) is 0 Å². The molecule has 0 fully saturated rings. The fourth-order valence-electron chi connectivity index (χ4n) is 1.17. The van der Waals surface area contributed by atoms with Gasteiger partial charge in [0.05, 0.1) is 16.9 Å². The van der Waals surface area contributed by atoms with Crippen LogP contribution in [0.3, 0.4) is 0 Å². The summed E-state index contributed by atoms with van der Waals surface area (Å²) in [6.45, 7) is 1.52. The highest BCUT2D eigenvalue weighted by atomic mass is 16.6. The first-order valence-electron chi connectivity index (χ1n) is 3.82. The monoisotopic (exact) mass is 196 g/mol. The molecule has 0 saturated carbocycles. The van der Waals surface area contributed by atoms with Gasteiger partial charge in [0.25, 0.3) is 5.69 Å². The minimum Gasteiger partial charge on any atom is -0.481 e. The topological polar surface area (TPSA) is 93.3 Å². The van der Waals surface area contributed by atoms with E-state index in [0.717, 1.165) is 0 Å². The van der Waals surface area contributed by atoms with Gasteiger partial charge >= 0.3 is 5.97 Å². The lowest BCUT2D eigenvalue weighted by atomic mass is 10.1. The number of nitrogens with zero attached hydrogens (tertiary/aromatic N) is 2. The van der Waals surface area contributed by atoms with Gasteiger partial charge in [-0.05, 0) is 6.92 Å². The van der Waals surface area contributed by atoms with Crippen molar-refractivity contribution in [1.82, 2.24) is 4.98 Å². The maximum atomic E-state index is 10.6. The fraction of sp³-hybridized carbons (Fsp3) is 0.250. The quantitative estimate of drug-likeness (QED) is 0.573. The van der Waals surface area contributed by atoms with Crippen LogP contribution in [-0.4, -0.2) is 21.0 Å². The molecule has 0 aliphatic rings. The Morgan fingerprint density at radius 3 is 2.79 bits per heavy atom. The number of carboxylic acids is 1. The third kappa shape index (κ3) is 2.03. The molecular formula is C8H8N2O4. The number of carbonyl (C=O) groups is 1. The Kier molecular flexibility index (Phi) is 2.76. The minimum absolute atomic E-state index is 0.127. The van der Waals surface area contributed by atoms with Crippen LogP contribution in [0.5, 0.6) is 0 Å². The Bertz CT molecular complexity index is 389. The van der Waals surface area contributed by atoms with Gasteiger partial charge in [0.2, 0.25) is 0 Å². The molecule has 0 unspecified atom stereocenters. The highest BCUT2D eigenvalue weighted by Gasteiger charge is 2.19. The molecule has 1 aromatic heterocycles. The van der Waals surface area contributed by atoms with E-state index in [1.165, 1.54) is 19.3 Å². The van der Waals surface area contributed by atoms with E-state index in [1.54, 1.807) is 0 Å². The Morgan fingerprint density at radius 2 is 2.29 bits per heavy atom. The van der Waals surface area contributed by atoms with Crippen molar-refractivity contribution in [1.29, 1.82) is 0 Å². The third-order valence-electron chi connectivity index (χ3n) is 1.70. The second-order valence-corrected chi connectivity index (χ2v) is 2.79. The van der Waals surface area contributed by atoms with E-state index in [2.05, 4.69) is 4.98 Å². The molecule has 0 spiro atoms. The normalized spacial score (nSPS) is 9.79. The van der Waals surface area contributed by atoms with Gasteiger partial charge in [-0.1, -0.05) is 0 Å². The summed E-state index contributed by atoms with van der Waals surface area (Å²) in [5, 5.41) is 19.1. The number of hydrogen-bond acceptors (Lipinski definition) is 4. The first-order chi connectivity index (χ1) is 6.52. The largest absolute Gasteiger partial charge is 0.481 e. The summed E-state index contributed by atoms with van der Waals surface area (Å²) in [6, 6.07) is 0. The maximum absolute atomic E-state index is 10.6. The van der Waals surface area contributed by atoms with E-state index in [-0.39, 0.29) is 17.7 Å². The number of hydrogen-bond donors (Lipinski definition) is 1. The van der Waals surface area contributed by atoms with Crippen LogP contribution in [0.4, 0.5) is 5.69 Å². The average Bonchev–Trinajstić information content (AvgIpc) is 2.01. The molecule has 6 nitrogen and oxygen atoms in total. The second kappa shape index (κ2) is 3.82. The summed E-state index contributed by atoms with van der Waals surface area (Å²) in [5.41, 5.74) is 0.332. The number of carboxylic acid groups (broad SMARTS) is 1. The van der Waals surface area contributed by atoms with Crippen LogP contribution in [0.25, 0.3) is 0 Å². The van der Waals surface area contributed by atoms with Crippen molar-refractivity contribution in [2.45, 2.75) is 13.3 Å². The molecule has 0 atom stereocenters. The van der Waals surface area contributed by atoms with Gasteiger partial charge < -0.3 is 5.11 Å². The first-order valence-corrected chi connectivity index (χ1v) is 3.82. The highest BCUT2D eigenvalue weighted by Crippen LogP contribution is 2.21. The molecular weight excluding hydrogens is 188 g/mol. The van der Waals surface area contributed by atoms with Crippen molar-refractivity contribution >= 4 is 11.7 Å². The zero-order valence-corrected chi connectivity index (χ0v) is 7.43. The Morgan fingerprint density at radius 1 is 1.64 bits per heavy atom. The molecule has 0 aliphatic heterocycles. The molecule has 0 saturated heterocycles. The number of aromatic nitrogens is 1. The molecule has 74 valence electrons. The van der Waals surface area contributed by atoms with Gasteiger partial charge in [-0.25, -0.2) is 0 Å². The lowest BCUT2D eigenvalue weighted by Crippen LogP contribution is -2.05. The summed E-state index contributed by atoms with van der Waals surface area (Å²) < 4.78 is 0. The van der Waals surface area contributed by atoms with Gasteiger partial charge in [-0.2, -0.15) is 0 Å². The van der Waals surface area contributed by atoms with Crippen LogP contribution in [0, 0.1) is 17.0 Å². The van der Waals surface area contributed by atoms with Crippen LogP contribution in [0.2, 0.25) is 0 Å². The number of aliphatic carboxylic acids is 1. The van der Waals surface area contributed by atoms with Crippen LogP contribution in [-0.2, 0) is 11.2 Å². The van der Waals surface area contributed by atoms with Gasteiger partial charge in [-0.3, -0.25) is 19.9 Å². The molecule has 0 radical (unpaired) electrons. The van der Waals surface area contributed by atoms with Crippen LogP contribution in [0.1, 0.15) is 11.1 Å².